The van der Waals surface area contributed by atoms with Gasteiger partial charge in [-0.05, 0) is 31.5 Å². The number of rotatable bonds is 6. The summed E-state index contributed by atoms with van der Waals surface area (Å²) in [4.78, 5) is 4.44. The number of methoxy groups -OCH3 is 1. The molecule has 4 heteroatoms. The number of benzene rings is 1. The van der Waals surface area contributed by atoms with Crippen molar-refractivity contribution in [1.82, 2.24) is 4.98 Å². The fourth-order valence-electron chi connectivity index (χ4n) is 1.79. The van der Waals surface area contributed by atoms with Gasteiger partial charge in [-0.3, -0.25) is 0 Å². The fourth-order valence-corrected chi connectivity index (χ4v) is 1.79. The van der Waals surface area contributed by atoms with Gasteiger partial charge in [0.2, 0.25) is 0 Å². The molecule has 0 saturated heterocycles. The average Bonchev–Trinajstić information content (AvgIpc) is 2.76. The molecule has 0 aliphatic heterocycles. The Morgan fingerprint density at radius 3 is 2.94 bits per heavy atom. The van der Waals surface area contributed by atoms with Gasteiger partial charge in [0.25, 0.3) is 0 Å². The minimum atomic E-state index is 0.755. The number of hydrogen-bond donors (Lipinski definition) is 1. The van der Waals surface area contributed by atoms with E-state index >= 15 is 0 Å². The van der Waals surface area contributed by atoms with Gasteiger partial charge in [-0.2, -0.15) is 0 Å². The second-order valence-corrected chi connectivity index (χ2v) is 4.04. The number of aryl methyl sites for hydroxylation is 1. The summed E-state index contributed by atoms with van der Waals surface area (Å²) in [7, 11) is 1.65. The third kappa shape index (κ3) is 2.97. The summed E-state index contributed by atoms with van der Waals surface area (Å²) in [6.45, 7) is 0.755. The normalized spacial score (nSPS) is 10.9. The SMILES string of the molecule is COc1ccc2oc(CCCCCN)nc2c1. The molecule has 4 nitrogen and oxygen atoms in total. The molecular formula is C13H18N2O2. The third-order valence-corrected chi connectivity index (χ3v) is 2.73. The quantitative estimate of drug-likeness (QED) is 0.780. The average molecular weight is 234 g/mol. The lowest BCUT2D eigenvalue weighted by atomic mass is 10.2. The zero-order chi connectivity index (χ0) is 12.1. The maximum absolute atomic E-state index is 5.65. The van der Waals surface area contributed by atoms with Crippen LogP contribution in [0.4, 0.5) is 0 Å². The zero-order valence-electron chi connectivity index (χ0n) is 10.1. The summed E-state index contributed by atoms with van der Waals surface area (Å²) in [5.41, 5.74) is 7.13. The van der Waals surface area contributed by atoms with Crippen molar-refractivity contribution in [3.05, 3.63) is 24.1 Å². The summed E-state index contributed by atoms with van der Waals surface area (Å²) in [6.07, 6.45) is 4.13. The molecule has 2 aromatic rings. The van der Waals surface area contributed by atoms with Crippen molar-refractivity contribution < 1.29 is 9.15 Å². The monoisotopic (exact) mass is 234 g/mol. The largest absolute Gasteiger partial charge is 0.497 e. The van der Waals surface area contributed by atoms with Gasteiger partial charge in [0, 0.05) is 12.5 Å². The molecule has 1 heterocycles. The number of nitrogens with zero attached hydrogens (tertiary/aromatic N) is 1. The highest BCUT2D eigenvalue weighted by molar-refractivity contribution is 5.74. The van der Waals surface area contributed by atoms with Gasteiger partial charge >= 0.3 is 0 Å². The van der Waals surface area contributed by atoms with Gasteiger partial charge in [-0.25, -0.2) is 4.98 Å². The summed E-state index contributed by atoms with van der Waals surface area (Å²) in [5.74, 6) is 1.60. The third-order valence-electron chi connectivity index (χ3n) is 2.73. The molecular weight excluding hydrogens is 216 g/mol. The lowest BCUT2D eigenvalue weighted by Gasteiger charge is -1.95. The van der Waals surface area contributed by atoms with E-state index in [1.807, 2.05) is 18.2 Å². The molecule has 1 aromatic heterocycles. The standard InChI is InChI=1S/C13H18N2O2/c1-16-10-6-7-12-11(9-10)15-13(17-12)5-3-2-4-8-14/h6-7,9H,2-5,8,14H2,1H3. The van der Waals surface area contributed by atoms with Crippen LogP contribution in [0.25, 0.3) is 11.1 Å². The van der Waals surface area contributed by atoms with Gasteiger partial charge in [0.1, 0.15) is 11.3 Å². The summed E-state index contributed by atoms with van der Waals surface area (Å²) in [6, 6.07) is 5.67. The second-order valence-electron chi connectivity index (χ2n) is 4.04. The Bertz CT molecular complexity index is 479. The molecule has 0 saturated carbocycles. The fraction of sp³-hybridized carbons (Fsp3) is 0.462. The van der Waals surface area contributed by atoms with E-state index in [0.29, 0.717) is 0 Å². The van der Waals surface area contributed by atoms with Crippen molar-refractivity contribution in [3.63, 3.8) is 0 Å². The van der Waals surface area contributed by atoms with Gasteiger partial charge in [0.05, 0.1) is 7.11 Å². The zero-order valence-corrected chi connectivity index (χ0v) is 10.1. The van der Waals surface area contributed by atoms with Crippen LogP contribution in [0.2, 0.25) is 0 Å². The minimum absolute atomic E-state index is 0.755. The van der Waals surface area contributed by atoms with Crippen LogP contribution in [-0.2, 0) is 6.42 Å². The number of fused-ring (bicyclic) bond motifs is 1. The number of ether oxygens (including phenoxy) is 1. The van der Waals surface area contributed by atoms with Gasteiger partial charge in [-0.1, -0.05) is 6.42 Å². The van der Waals surface area contributed by atoms with E-state index < -0.39 is 0 Å². The number of hydrogen-bond acceptors (Lipinski definition) is 4. The molecule has 2 N–H and O–H groups in total. The van der Waals surface area contributed by atoms with Crippen molar-refractivity contribution in [1.29, 1.82) is 0 Å². The van der Waals surface area contributed by atoms with Gasteiger partial charge < -0.3 is 14.9 Å². The van der Waals surface area contributed by atoms with Crippen LogP contribution in [0.15, 0.2) is 22.6 Å². The van der Waals surface area contributed by atoms with Crippen LogP contribution in [0, 0.1) is 0 Å². The Morgan fingerprint density at radius 2 is 2.18 bits per heavy atom. The van der Waals surface area contributed by atoms with E-state index in [0.717, 1.165) is 55.0 Å². The van der Waals surface area contributed by atoms with E-state index in [1.165, 1.54) is 0 Å². The second kappa shape index (κ2) is 5.68. The Labute approximate surface area is 101 Å². The van der Waals surface area contributed by atoms with Crippen LogP contribution >= 0.6 is 0 Å². The lowest BCUT2D eigenvalue weighted by Crippen LogP contribution is -1.98. The first-order valence-corrected chi connectivity index (χ1v) is 5.97. The van der Waals surface area contributed by atoms with Crippen molar-refractivity contribution >= 4 is 11.1 Å². The molecule has 17 heavy (non-hydrogen) atoms. The smallest absolute Gasteiger partial charge is 0.195 e. The summed E-state index contributed by atoms with van der Waals surface area (Å²) < 4.78 is 10.8. The van der Waals surface area contributed by atoms with E-state index in [4.69, 9.17) is 14.9 Å². The first kappa shape index (κ1) is 11.9. The van der Waals surface area contributed by atoms with E-state index in [2.05, 4.69) is 4.98 Å². The number of oxazole rings is 1. The summed E-state index contributed by atoms with van der Waals surface area (Å²) in [5, 5.41) is 0. The maximum atomic E-state index is 5.65. The molecule has 0 unspecified atom stereocenters. The lowest BCUT2D eigenvalue weighted by molar-refractivity contribution is 0.415. The molecule has 0 amide bonds. The van der Waals surface area contributed by atoms with Crippen LogP contribution in [0.5, 0.6) is 5.75 Å². The van der Waals surface area contributed by atoms with Crippen LogP contribution in [-0.4, -0.2) is 18.6 Å². The molecule has 0 aliphatic rings. The molecule has 0 atom stereocenters. The van der Waals surface area contributed by atoms with Gasteiger partial charge in [0.15, 0.2) is 11.5 Å². The molecule has 1 aromatic carbocycles. The van der Waals surface area contributed by atoms with Crippen LogP contribution < -0.4 is 10.5 Å². The predicted molar refractivity (Wildman–Crippen MR) is 67.2 cm³/mol. The van der Waals surface area contributed by atoms with E-state index in [1.54, 1.807) is 7.11 Å². The Hall–Kier alpha value is -1.55. The topological polar surface area (TPSA) is 61.3 Å². The highest BCUT2D eigenvalue weighted by atomic mass is 16.5. The predicted octanol–water partition coefficient (Wildman–Crippen LogP) is 2.51. The van der Waals surface area contributed by atoms with E-state index in [9.17, 15) is 0 Å². The highest BCUT2D eigenvalue weighted by Crippen LogP contribution is 2.21. The Kier molecular flexibility index (Phi) is 3.98. The molecule has 0 aliphatic carbocycles. The first-order valence-electron chi connectivity index (χ1n) is 5.97. The van der Waals surface area contributed by atoms with Gasteiger partial charge in [-0.15, -0.1) is 0 Å². The van der Waals surface area contributed by atoms with Crippen molar-refractivity contribution in [2.45, 2.75) is 25.7 Å². The summed E-state index contributed by atoms with van der Waals surface area (Å²) >= 11 is 0. The van der Waals surface area contributed by atoms with Crippen molar-refractivity contribution in [2.24, 2.45) is 5.73 Å². The Balaban J connectivity index is 2.04. The number of nitrogens with two attached hydrogens (primary N) is 1. The molecule has 0 fully saturated rings. The number of aromatic nitrogens is 1. The molecule has 0 spiro atoms. The minimum Gasteiger partial charge on any atom is -0.497 e. The number of unbranched alkanes of at least 4 members (excludes halogenated alkanes) is 2. The molecule has 0 radical (unpaired) electrons. The molecule has 0 bridgehead atoms. The van der Waals surface area contributed by atoms with Crippen molar-refractivity contribution in [3.8, 4) is 5.75 Å². The van der Waals surface area contributed by atoms with Crippen LogP contribution in [0.1, 0.15) is 25.2 Å². The maximum Gasteiger partial charge on any atom is 0.195 e. The van der Waals surface area contributed by atoms with Crippen molar-refractivity contribution in [2.75, 3.05) is 13.7 Å². The first-order chi connectivity index (χ1) is 8.33. The molecule has 2 rings (SSSR count). The highest BCUT2D eigenvalue weighted by Gasteiger charge is 2.06. The van der Waals surface area contributed by atoms with E-state index in [-0.39, 0.29) is 0 Å². The van der Waals surface area contributed by atoms with Crippen LogP contribution in [0.3, 0.4) is 0 Å². The molecule has 92 valence electrons. The Morgan fingerprint density at radius 1 is 1.29 bits per heavy atom.